The summed E-state index contributed by atoms with van der Waals surface area (Å²) < 4.78 is 11.7. The molecule has 1 aromatic rings. The second kappa shape index (κ2) is 4.33. The van der Waals surface area contributed by atoms with Gasteiger partial charge in [0.05, 0.1) is 23.2 Å². The van der Waals surface area contributed by atoms with Gasteiger partial charge in [-0.25, -0.2) is 4.79 Å². The first-order valence-corrected chi connectivity index (χ1v) is 5.72. The summed E-state index contributed by atoms with van der Waals surface area (Å²) in [5.74, 6) is 0.165. The van der Waals surface area contributed by atoms with E-state index in [4.69, 9.17) is 14.6 Å². The van der Waals surface area contributed by atoms with Crippen molar-refractivity contribution in [3.05, 3.63) is 21.7 Å². The molecule has 0 atom stereocenters. The summed E-state index contributed by atoms with van der Waals surface area (Å²) in [7, 11) is 0. The molecule has 86 valence electrons. The number of hydrogen-bond donors (Lipinski definition) is 1. The molecule has 5 heteroatoms. The van der Waals surface area contributed by atoms with Gasteiger partial charge in [0.25, 0.3) is 0 Å². The normalized spacial score (nSPS) is 14.4. The van der Waals surface area contributed by atoms with Crippen LogP contribution in [0.3, 0.4) is 0 Å². The zero-order valence-electron chi connectivity index (χ0n) is 8.75. The van der Waals surface area contributed by atoms with Gasteiger partial charge in [-0.15, -0.1) is 0 Å². The van der Waals surface area contributed by atoms with E-state index in [2.05, 4.69) is 15.9 Å². The monoisotopic (exact) mass is 286 g/mol. The van der Waals surface area contributed by atoms with Crippen LogP contribution < -0.4 is 9.47 Å². The van der Waals surface area contributed by atoms with Gasteiger partial charge in [0.2, 0.25) is 0 Å². The van der Waals surface area contributed by atoms with Gasteiger partial charge in [0, 0.05) is 12.0 Å². The third-order valence-electron chi connectivity index (χ3n) is 2.45. The van der Waals surface area contributed by atoms with E-state index in [-0.39, 0.29) is 5.56 Å². The fraction of sp³-hybridized carbons (Fsp3) is 0.364. The van der Waals surface area contributed by atoms with Crippen LogP contribution in [0.4, 0.5) is 0 Å². The molecule has 1 aromatic carbocycles. The molecular weight excluding hydrogens is 276 g/mol. The molecule has 0 fully saturated rings. The van der Waals surface area contributed by atoms with Crippen LogP contribution in [-0.4, -0.2) is 24.3 Å². The van der Waals surface area contributed by atoms with Crippen molar-refractivity contribution >= 4 is 21.9 Å². The number of ether oxygens (including phenoxy) is 2. The summed E-state index contributed by atoms with van der Waals surface area (Å²) in [4.78, 5) is 11.0. The van der Waals surface area contributed by atoms with Gasteiger partial charge >= 0.3 is 5.97 Å². The van der Waals surface area contributed by atoms with Gasteiger partial charge in [-0.05, 0) is 28.9 Å². The maximum atomic E-state index is 11.0. The van der Waals surface area contributed by atoms with Crippen molar-refractivity contribution in [1.29, 1.82) is 0 Å². The number of fused-ring (bicyclic) bond motifs is 1. The average molecular weight is 287 g/mol. The van der Waals surface area contributed by atoms with Crippen LogP contribution in [0.15, 0.2) is 10.5 Å². The smallest absolute Gasteiger partial charge is 0.336 e. The van der Waals surface area contributed by atoms with E-state index < -0.39 is 5.97 Å². The van der Waals surface area contributed by atoms with Crippen molar-refractivity contribution in [2.75, 3.05) is 13.2 Å². The third kappa shape index (κ3) is 1.87. The Morgan fingerprint density at radius 2 is 2.00 bits per heavy atom. The summed E-state index contributed by atoms with van der Waals surface area (Å²) in [5.41, 5.74) is 0.837. The zero-order valence-corrected chi connectivity index (χ0v) is 10.3. The fourth-order valence-corrected chi connectivity index (χ4v) is 2.16. The van der Waals surface area contributed by atoms with Gasteiger partial charge in [0.1, 0.15) is 0 Å². The van der Waals surface area contributed by atoms with Crippen LogP contribution in [0, 0.1) is 6.92 Å². The van der Waals surface area contributed by atoms with E-state index in [1.54, 1.807) is 13.0 Å². The van der Waals surface area contributed by atoms with Crippen molar-refractivity contribution in [3.63, 3.8) is 0 Å². The van der Waals surface area contributed by atoms with E-state index in [1.807, 2.05) is 0 Å². The Balaban J connectivity index is 2.61. The number of carboxylic acids is 1. The lowest BCUT2D eigenvalue weighted by molar-refractivity contribution is 0.0695. The second-order valence-corrected chi connectivity index (χ2v) is 4.40. The number of aromatic carboxylic acids is 1. The molecule has 1 aliphatic heterocycles. The minimum absolute atomic E-state index is 0.233. The molecule has 0 saturated heterocycles. The predicted molar refractivity (Wildman–Crippen MR) is 61.4 cm³/mol. The number of benzene rings is 1. The maximum absolute atomic E-state index is 11.0. The second-order valence-electron chi connectivity index (χ2n) is 3.54. The molecule has 0 spiro atoms. The largest absolute Gasteiger partial charge is 0.489 e. The number of rotatable bonds is 1. The van der Waals surface area contributed by atoms with Crippen LogP contribution >= 0.6 is 15.9 Å². The zero-order chi connectivity index (χ0) is 11.7. The van der Waals surface area contributed by atoms with E-state index >= 15 is 0 Å². The van der Waals surface area contributed by atoms with Crippen LogP contribution in [0.5, 0.6) is 11.5 Å². The summed E-state index contributed by atoms with van der Waals surface area (Å²) in [6.07, 6.45) is 0.795. The van der Waals surface area contributed by atoms with Crippen LogP contribution in [0.1, 0.15) is 22.3 Å². The summed E-state index contributed by atoms with van der Waals surface area (Å²) in [5, 5.41) is 9.04. The van der Waals surface area contributed by atoms with Gasteiger partial charge in [0.15, 0.2) is 11.5 Å². The van der Waals surface area contributed by atoms with Crippen molar-refractivity contribution < 1.29 is 19.4 Å². The average Bonchev–Trinajstić information content (AvgIpc) is 2.48. The Morgan fingerprint density at radius 1 is 1.38 bits per heavy atom. The molecule has 1 aliphatic rings. The molecule has 0 unspecified atom stereocenters. The van der Waals surface area contributed by atoms with E-state index in [1.165, 1.54) is 0 Å². The number of halogens is 1. The first kappa shape index (κ1) is 11.3. The Kier molecular flexibility index (Phi) is 3.05. The fourth-order valence-electron chi connectivity index (χ4n) is 1.64. The van der Waals surface area contributed by atoms with Gasteiger partial charge in [-0.2, -0.15) is 0 Å². The highest BCUT2D eigenvalue weighted by Gasteiger charge is 2.21. The molecule has 2 rings (SSSR count). The van der Waals surface area contributed by atoms with E-state index in [0.717, 1.165) is 6.42 Å². The molecular formula is C11H11BrO4. The van der Waals surface area contributed by atoms with Gasteiger partial charge in [-0.1, -0.05) is 0 Å². The Hall–Kier alpha value is -1.23. The maximum Gasteiger partial charge on any atom is 0.336 e. The first-order valence-electron chi connectivity index (χ1n) is 4.93. The first-order chi connectivity index (χ1) is 7.61. The topological polar surface area (TPSA) is 55.8 Å². The molecule has 0 radical (unpaired) electrons. The Labute approximate surface area is 101 Å². The molecule has 0 saturated carbocycles. The van der Waals surface area contributed by atoms with E-state index in [0.29, 0.717) is 34.7 Å². The van der Waals surface area contributed by atoms with Gasteiger partial charge < -0.3 is 14.6 Å². The number of hydrogen-bond acceptors (Lipinski definition) is 3. The van der Waals surface area contributed by atoms with Crippen LogP contribution in [0.25, 0.3) is 0 Å². The lowest BCUT2D eigenvalue weighted by atomic mass is 10.1. The highest BCUT2D eigenvalue weighted by molar-refractivity contribution is 9.10. The third-order valence-corrected chi connectivity index (χ3v) is 3.04. The summed E-state index contributed by atoms with van der Waals surface area (Å²) >= 11 is 3.30. The van der Waals surface area contributed by atoms with Crippen molar-refractivity contribution in [3.8, 4) is 11.5 Å². The number of carboxylic acid groups (broad SMARTS) is 1. The van der Waals surface area contributed by atoms with Crippen molar-refractivity contribution in [2.24, 2.45) is 0 Å². The molecule has 0 aromatic heterocycles. The minimum atomic E-state index is -0.964. The van der Waals surface area contributed by atoms with Crippen molar-refractivity contribution in [2.45, 2.75) is 13.3 Å². The molecule has 1 N–H and O–H groups in total. The summed E-state index contributed by atoms with van der Waals surface area (Å²) in [6.45, 7) is 2.85. The Morgan fingerprint density at radius 3 is 2.62 bits per heavy atom. The number of carbonyl (C=O) groups is 1. The van der Waals surface area contributed by atoms with E-state index in [9.17, 15) is 4.79 Å². The summed E-state index contributed by atoms with van der Waals surface area (Å²) in [6, 6.07) is 1.55. The lowest BCUT2D eigenvalue weighted by Crippen LogP contribution is -2.04. The molecule has 0 bridgehead atoms. The SMILES string of the molecule is Cc1c(C(=O)O)cc(Br)c2c1OCCCO2. The standard InChI is InChI=1S/C11H11BrO4/c1-6-7(11(13)14)5-8(12)10-9(6)15-3-2-4-16-10/h5H,2-4H2,1H3,(H,13,14). The molecule has 1 heterocycles. The van der Waals surface area contributed by atoms with Crippen LogP contribution in [0.2, 0.25) is 0 Å². The highest BCUT2D eigenvalue weighted by Crippen LogP contribution is 2.41. The Bertz CT molecular complexity index is 442. The van der Waals surface area contributed by atoms with Crippen LogP contribution in [-0.2, 0) is 0 Å². The molecule has 16 heavy (non-hydrogen) atoms. The van der Waals surface area contributed by atoms with Gasteiger partial charge in [-0.3, -0.25) is 0 Å². The lowest BCUT2D eigenvalue weighted by Gasteiger charge is -2.13. The quantitative estimate of drug-likeness (QED) is 0.862. The molecule has 0 amide bonds. The minimum Gasteiger partial charge on any atom is -0.489 e. The molecule has 0 aliphatic carbocycles. The highest BCUT2D eigenvalue weighted by atomic mass is 79.9. The van der Waals surface area contributed by atoms with Crippen molar-refractivity contribution in [1.82, 2.24) is 0 Å². The molecule has 4 nitrogen and oxygen atoms in total. The predicted octanol–water partition coefficient (Wildman–Crippen LogP) is 2.62.